The Hall–Kier alpha value is -0.830. The second-order valence-corrected chi connectivity index (χ2v) is 3.90. The predicted molar refractivity (Wildman–Crippen MR) is 64.1 cm³/mol. The van der Waals surface area contributed by atoms with Crippen LogP contribution in [0.15, 0.2) is 6.07 Å². The molecule has 0 aliphatic heterocycles. The maximum absolute atomic E-state index is 4.45. The highest BCUT2D eigenvalue weighted by Gasteiger charge is 2.02. The third-order valence-corrected chi connectivity index (χ3v) is 2.57. The van der Waals surface area contributed by atoms with Crippen LogP contribution in [0.4, 0.5) is 0 Å². The van der Waals surface area contributed by atoms with Crippen LogP contribution in [0, 0.1) is 6.92 Å². The Kier molecular flexibility index (Phi) is 5.40. The van der Waals surface area contributed by atoms with Crippen LogP contribution in [0.2, 0.25) is 0 Å². The normalized spacial score (nSPS) is 10.9. The zero-order valence-corrected chi connectivity index (χ0v) is 10.2. The van der Waals surface area contributed by atoms with E-state index >= 15 is 0 Å². The first-order valence-electron chi connectivity index (χ1n) is 6.02. The van der Waals surface area contributed by atoms with Gasteiger partial charge in [0.2, 0.25) is 0 Å². The van der Waals surface area contributed by atoms with Crippen LogP contribution in [-0.2, 0) is 13.0 Å². The van der Waals surface area contributed by atoms with E-state index in [0.717, 1.165) is 31.7 Å². The predicted octanol–water partition coefficient (Wildman–Crippen LogP) is 2.14. The van der Waals surface area contributed by atoms with Crippen molar-refractivity contribution in [3.8, 4) is 0 Å². The van der Waals surface area contributed by atoms with Gasteiger partial charge in [-0.25, -0.2) is 0 Å². The average Bonchev–Trinajstić information content (AvgIpc) is 2.59. The van der Waals surface area contributed by atoms with Crippen LogP contribution in [0.3, 0.4) is 0 Å². The largest absolute Gasteiger partial charge is 0.317 e. The molecule has 1 N–H and O–H groups in total. The Labute approximate surface area is 92.9 Å². The first kappa shape index (κ1) is 12.2. The summed E-state index contributed by atoms with van der Waals surface area (Å²) in [5.74, 6) is 0. The second-order valence-electron chi connectivity index (χ2n) is 3.90. The van der Waals surface area contributed by atoms with Gasteiger partial charge < -0.3 is 5.32 Å². The van der Waals surface area contributed by atoms with E-state index in [0.29, 0.717) is 0 Å². The van der Waals surface area contributed by atoms with Gasteiger partial charge >= 0.3 is 0 Å². The van der Waals surface area contributed by atoms with Crippen molar-refractivity contribution in [3.63, 3.8) is 0 Å². The average molecular weight is 209 g/mol. The van der Waals surface area contributed by atoms with Gasteiger partial charge in [0, 0.05) is 12.2 Å². The molecule has 0 aromatic carbocycles. The lowest BCUT2D eigenvalue weighted by atomic mass is 10.2. The van der Waals surface area contributed by atoms with Crippen molar-refractivity contribution in [3.05, 3.63) is 17.5 Å². The minimum Gasteiger partial charge on any atom is -0.317 e. The Morgan fingerprint density at radius 1 is 1.33 bits per heavy atom. The molecular weight excluding hydrogens is 186 g/mol. The number of hydrogen-bond donors (Lipinski definition) is 1. The fraction of sp³-hybridized carbons (Fsp3) is 0.750. The standard InChI is InChI=1S/C12H23N3/c1-4-13-9-7-6-8-12-10-11(3)14-15(12)5-2/h10,13H,4-9H2,1-3H3. The topological polar surface area (TPSA) is 29.9 Å². The quantitative estimate of drug-likeness (QED) is 0.697. The Morgan fingerprint density at radius 2 is 2.13 bits per heavy atom. The van der Waals surface area contributed by atoms with Crippen molar-refractivity contribution in [1.29, 1.82) is 0 Å². The summed E-state index contributed by atoms with van der Waals surface area (Å²) < 4.78 is 2.11. The van der Waals surface area contributed by atoms with Crippen LogP contribution in [0.25, 0.3) is 0 Å². The molecule has 0 unspecified atom stereocenters. The molecule has 1 rings (SSSR count). The number of rotatable bonds is 7. The fourth-order valence-corrected chi connectivity index (χ4v) is 1.81. The maximum atomic E-state index is 4.45. The van der Waals surface area contributed by atoms with E-state index in [1.165, 1.54) is 18.5 Å². The van der Waals surface area contributed by atoms with Crippen molar-refractivity contribution in [1.82, 2.24) is 15.1 Å². The first-order valence-corrected chi connectivity index (χ1v) is 6.02. The summed E-state index contributed by atoms with van der Waals surface area (Å²) in [5, 5.41) is 7.79. The summed E-state index contributed by atoms with van der Waals surface area (Å²) in [6.45, 7) is 9.55. The summed E-state index contributed by atoms with van der Waals surface area (Å²) in [4.78, 5) is 0. The third kappa shape index (κ3) is 4.04. The van der Waals surface area contributed by atoms with E-state index < -0.39 is 0 Å². The molecule has 0 radical (unpaired) electrons. The highest BCUT2D eigenvalue weighted by Crippen LogP contribution is 2.07. The van der Waals surface area contributed by atoms with Gasteiger partial charge in [0.15, 0.2) is 0 Å². The molecule has 0 spiro atoms. The summed E-state index contributed by atoms with van der Waals surface area (Å²) in [7, 11) is 0. The minimum absolute atomic E-state index is 0.983. The Bertz CT molecular complexity index is 278. The van der Waals surface area contributed by atoms with Gasteiger partial charge in [0.05, 0.1) is 5.69 Å². The van der Waals surface area contributed by atoms with Gasteiger partial charge in [-0.2, -0.15) is 5.10 Å². The summed E-state index contributed by atoms with van der Waals surface area (Å²) in [5.41, 5.74) is 2.52. The van der Waals surface area contributed by atoms with Crippen molar-refractivity contribution < 1.29 is 0 Å². The van der Waals surface area contributed by atoms with Crippen LogP contribution in [0.5, 0.6) is 0 Å². The number of aryl methyl sites for hydroxylation is 3. The zero-order valence-electron chi connectivity index (χ0n) is 10.2. The van der Waals surface area contributed by atoms with E-state index in [4.69, 9.17) is 0 Å². The smallest absolute Gasteiger partial charge is 0.0596 e. The summed E-state index contributed by atoms with van der Waals surface area (Å²) in [6, 6.07) is 2.21. The molecule has 0 atom stereocenters. The van der Waals surface area contributed by atoms with Crippen molar-refractivity contribution in [2.45, 2.75) is 46.6 Å². The van der Waals surface area contributed by atoms with E-state index in [2.05, 4.69) is 41.9 Å². The molecule has 1 heterocycles. The van der Waals surface area contributed by atoms with E-state index in [-0.39, 0.29) is 0 Å². The Balaban J connectivity index is 2.30. The van der Waals surface area contributed by atoms with Crippen LogP contribution in [0.1, 0.15) is 38.1 Å². The lowest BCUT2D eigenvalue weighted by Gasteiger charge is -2.04. The molecule has 1 aromatic rings. The highest BCUT2D eigenvalue weighted by atomic mass is 15.3. The van der Waals surface area contributed by atoms with Crippen LogP contribution >= 0.6 is 0 Å². The molecule has 86 valence electrons. The molecule has 0 aliphatic carbocycles. The van der Waals surface area contributed by atoms with Crippen molar-refractivity contribution in [2.75, 3.05) is 13.1 Å². The number of nitrogens with one attached hydrogen (secondary N) is 1. The molecule has 0 saturated heterocycles. The lowest BCUT2D eigenvalue weighted by molar-refractivity contribution is 0.585. The molecule has 0 aliphatic rings. The van der Waals surface area contributed by atoms with Gasteiger partial charge in [-0.15, -0.1) is 0 Å². The third-order valence-electron chi connectivity index (χ3n) is 2.57. The minimum atomic E-state index is 0.983. The Morgan fingerprint density at radius 3 is 2.80 bits per heavy atom. The molecule has 0 fully saturated rings. The van der Waals surface area contributed by atoms with E-state index in [9.17, 15) is 0 Å². The first-order chi connectivity index (χ1) is 7.27. The maximum Gasteiger partial charge on any atom is 0.0596 e. The number of nitrogens with zero attached hydrogens (tertiary/aromatic N) is 2. The van der Waals surface area contributed by atoms with Crippen LogP contribution in [-0.4, -0.2) is 22.9 Å². The van der Waals surface area contributed by atoms with E-state index in [1.807, 2.05) is 0 Å². The molecular formula is C12H23N3. The molecule has 1 aromatic heterocycles. The molecule has 3 heteroatoms. The van der Waals surface area contributed by atoms with Crippen LogP contribution < -0.4 is 5.32 Å². The zero-order chi connectivity index (χ0) is 11.1. The highest BCUT2D eigenvalue weighted by molar-refractivity contribution is 5.08. The second kappa shape index (κ2) is 6.62. The number of hydrogen-bond acceptors (Lipinski definition) is 2. The number of aromatic nitrogens is 2. The van der Waals surface area contributed by atoms with Gasteiger partial charge in [-0.05, 0) is 52.3 Å². The summed E-state index contributed by atoms with van der Waals surface area (Å²) >= 11 is 0. The SMILES string of the molecule is CCNCCCCc1cc(C)nn1CC. The fourth-order valence-electron chi connectivity index (χ4n) is 1.81. The van der Waals surface area contributed by atoms with Crippen molar-refractivity contribution >= 4 is 0 Å². The monoisotopic (exact) mass is 209 g/mol. The van der Waals surface area contributed by atoms with Crippen molar-refractivity contribution in [2.24, 2.45) is 0 Å². The molecule has 0 amide bonds. The summed E-state index contributed by atoms with van der Waals surface area (Å²) in [6.07, 6.45) is 3.65. The molecule has 0 bridgehead atoms. The number of unbranched alkanes of at least 4 members (excludes halogenated alkanes) is 1. The van der Waals surface area contributed by atoms with Gasteiger partial charge in [0.1, 0.15) is 0 Å². The molecule has 15 heavy (non-hydrogen) atoms. The van der Waals surface area contributed by atoms with Gasteiger partial charge in [-0.3, -0.25) is 4.68 Å². The lowest BCUT2D eigenvalue weighted by Crippen LogP contribution is -2.14. The molecule has 3 nitrogen and oxygen atoms in total. The van der Waals surface area contributed by atoms with E-state index in [1.54, 1.807) is 0 Å². The van der Waals surface area contributed by atoms with Gasteiger partial charge in [0.25, 0.3) is 0 Å². The van der Waals surface area contributed by atoms with Gasteiger partial charge in [-0.1, -0.05) is 6.92 Å². The molecule has 0 saturated carbocycles.